The molecule has 0 fully saturated rings. The monoisotopic (exact) mass is 350 g/mol. The molecule has 0 atom stereocenters. The zero-order chi connectivity index (χ0) is 19.3. The number of benzene rings is 2. The maximum atomic E-state index is 12.5. The Morgan fingerprint density at radius 1 is 1.19 bits per heavy atom. The maximum Gasteiger partial charge on any atom is 0.339 e. The minimum Gasteiger partial charge on any atom is -0.496 e. The first-order valence-corrected chi connectivity index (χ1v) is 7.78. The molecule has 2 aromatic rings. The third-order valence-corrected chi connectivity index (χ3v) is 3.85. The van der Waals surface area contributed by atoms with Gasteiger partial charge in [-0.15, -0.1) is 0 Å². The molecule has 2 aromatic carbocycles. The van der Waals surface area contributed by atoms with Crippen molar-refractivity contribution in [3.05, 3.63) is 64.2 Å². The van der Waals surface area contributed by atoms with Crippen LogP contribution in [0.15, 0.2) is 42.0 Å². The molecular formula is C20H18N2O4. The molecular weight excluding hydrogens is 332 g/mol. The summed E-state index contributed by atoms with van der Waals surface area (Å²) < 4.78 is 5.00. The molecule has 0 radical (unpaired) electrons. The average molecular weight is 350 g/mol. The molecule has 0 aliphatic heterocycles. The number of amides is 1. The van der Waals surface area contributed by atoms with Gasteiger partial charge in [-0.1, -0.05) is 24.3 Å². The average Bonchev–Trinajstić information content (AvgIpc) is 2.62. The second-order valence-electron chi connectivity index (χ2n) is 5.66. The first-order valence-electron chi connectivity index (χ1n) is 7.78. The molecule has 0 unspecified atom stereocenters. The highest BCUT2D eigenvalue weighted by atomic mass is 16.5. The predicted molar refractivity (Wildman–Crippen MR) is 98.1 cm³/mol. The van der Waals surface area contributed by atoms with Crippen LogP contribution in [0.1, 0.15) is 27.0 Å². The number of hydrogen-bond donors (Lipinski definition) is 2. The van der Waals surface area contributed by atoms with Gasteiger partial charge in [0.1, 0.15) is 23.0 Å². The van der Waals surface area contributed by atoms with Gasteiger partial charge in [0.05, 0.1) is 7.11 Å². The quantitative estimate of drug-likeness (QED) is 0.634. The lowest BCUT2D eigenvalue weighted by molar-refractivity contribution is -0.112. The molecule has 26 heavy (non-hydrogen) atoms. The number of rotatable bonds is 5. The highest BCUT2D eigenvalue weighted by molar-refractivity contribution is 6.10. The lowest BCUT2D eigenvalue weighted by atomic mass is 10.1. The third kappa shape index (κ3) is 4.08. The number of nitriles is 1. The van der Waals surface area contributed by atoms with Crippen LogP contribution in [0.2, 0.25) is 0 Å². The molecule has 1 amide bonds. The highest BCUT2D eigenvalue weighted by Crippen LogP contribution is 2.23. The van der Waals surface area contributed by atoms with Crippen LogP contribution in [0.5, 0.6) is 5.75 Å². The molecule has 0 saturated heterocycles. The zero-order valence-corrected chi connectivity index (χ0v) is 14.7. The molecule has 6 nitrogen and oxygen atoms in total. The Hall–Kier alpha value is -3.59. The normalized spacial score (nSPS) is 10.8. The van der Waals surface area contributed by atoms with Crippen LogP contribution in [0.25, 0.3) is 6.08 Å². The SMILES string of the molecule is COc1ccc(/C=C(/C#N)C(=O)Nc2c(C)cccc2C)cc1C(=O)O. The fourth-order valence-corrected chi connectivity index (χ4v) is 2.49. The maximum absolute atomic E-state index is 12.5. The summed E-state index contributed by atoms with van der Waals surface area (Å²) in [4.78, 5) is 23.7. The van der Waals surface area contributed by atoms with Crippen LogP contribution in [0.3, 0.4) is 0 Å². The standard InChI is InChI=1S/C20H18N2O4/c1-12-5-4-6-13(2)18(12)22-19(23)15(11-21)9-14-7-8-17(26-3)16(10-14)20(24)25/h4-10H,1-3H3,(H,22,23)(H,24,25)/b15-9-. The zero-order valence-electron chi connectivity index (χ0n) is 14.7. The number of carbonyl (C=O) groups is 2. The lowest BCUT2D eigenvalue weighted by Crippen LogP contribution is -2.15. The number of nitrogens with zero attached hydrogens (tertiary/aromatic N) is 1. The molecule has 0 saturated carbocycles. The highest BCUT2D eigenvalue weighted by Gasteiger charge is 2.14. The Morgan fingerprint density at radius 3 is 2.38 bits per heavy atom. The van der Waals surface area contributed by atoms with Crippen molar-refractivity contribution in [2.75, 3.05) is 12.4 Å². The smallest absolute Gasteiger partial charge is 0.339 e. The number of carbonyl (C=O) groups excluding carboxylic acids is 1. The molecule has 0 spiro atoms. The van der Waals surface area contributed by atoms with Crippen molar-refractivity contribution in [1.29, 1.82) is 5.26 Å². The molecule has 2 N–H and O–H groups in total. The van der Waals surface area contributed by atoms with Crippen LogP contribution in [-0.2, 0) is 4.79 Å². The van der Waals surface area contributed by atoms with Gasteiger partial charge in [-0.25, -0.2) is 4.79 Å². The molecule has 132 valence electrons. The van der Waals surface area contributed by atoms with Gasteiger partial charge in [0.2, 0.25) is 0 Å². The van der Waals surface area contributed by atoms with Gasteiger partial charge in [0.25, 0.3) is 5.91 Å². The van der Waals surface area contributed by atoms with E-state index >= 15 is 0 Å². The summed E-state index contributed by atoms with van der Waals surface area (Å²) in [6, 6.07) is 11.9. The van der Waals surface area contributed by atoms with E-state index in [1.54, 1.807) is 6.07 Å². The van der Waals surface area contributed by atoms with Crippen molar-refractivity contribution in [2.24, 2.45) is 0 Å². The minimum atomic E-state index is -1.16. The third-order valence-electron chi connectivity index (χ3n) is 3.85. The Morgan fingerprint density at radius 2 is 1.85 bits per heavy atom. The number of carboxylic acids is 1. The number of ether oxygens (including phenoxy) is 1. The van der Waals surface area contributed by atoms with Gasteiger partial charge in [0, 0.05) is 5.69 Å². The molecule has 0 aromatic heterocycles. The molecule has 2 rings (SSSR count). The Labute approximate surface area is 151 Å². The summed E-state index contributed by atoms with van der Waals surface area (Å²) in [5, 5.41) is 21.3. The van der Waals surface area contributed by atoms with Gasteiger partial charge in [-0.05, 0) is 48.7 Å². The lowest BCUT2D eigenvalue weighted by Gasteiger charge is -2.11. The number of aryl methyl sites for hydroxylation is 2. The second kappa shape index (κ2) is 7.99. The fourth-order valence-electron chi connectivity index (χ4n) is 2.49. The first-order chi connectivity index (χ1) is 12.4. The van der Waals surface area contributed by atoms with E-state index in [-0.39, 0.29) is 16.9 Å². The van der Waals surface area contributed by atoms with Gasteiger partial charge < -0.3 is 15.2 Å². The Kier molecular flexibility index (Phi) is 5.76. The Bertz CT molecular complexity index is 919. The number of para-hydroxylation sites is 1. The van der Waals surface area contributed by atoms with E-state index in [9.17, 15) is 20.0 Å². The number of methoxy groups -OCH3 is 1. The summed E-state index contributed by atoms with van der Waals surface area (Å²) in [6.45, 7) is 3.72. The Balaban J connectivity index is 2.36. The van der Waals surface area contributed by atoms with Gasteiger partial charge in [-0.3, -0.25) is 4.79 Å². The van der Waals surface area contributed by atoms with E-state index in [0.717, 1.165) is 11.1 Å². The van der Waals surface area contributed by atoms with E-state index in [2.05, 4.69) is 5.32 Å². The summed E-state index contributed by atoms with van der Waals surface area (Å²) >= 11 is 0. The fraction of sp³-hybridized carbons (Fsp3) is 0.150. The van der Waals surface area contributed by atoms with Crippen LogP contribution in [0.4, 0.5) is 5.69 Å². The van der Waals surface area contributed by atoms with Crippen LogP contribution in [0, 0.1) is 25.2 Å². The van der Waals surface area contributed by atoms with Crippen molar-refractivity contribution < 1.29 is 19.4 Å². The minimum absolute atomic E-state index is 0.0475. The van der Waals surface area contributed by atoms with Crippen LogP contribution < -0.4 is 10.1 Å². The number of hydrogen-bond acceptors (Lipinski definition) is 4. The van der Waals surface area contributed by atoms with Crippen molar-refractivity contribution in [1.82, 2.24) is 0 Å². The summed E-state index contributed by atoms with van der Waals surface area (Å²) in [5.74, 6) is -1.51. The summed E-state index contributed by atoms with van der Waals surface area (Å²) in [5.41, 5.74) is 2.65. The first kappa shape index (κ1) is 18.7. The molecule has 0 aliphatic carbocycles. The van der Waals surface area contributed by atoms with E-state index in [4.69, 9.17) is 4.74 Å². The van der Waals surface area contributed by atoms with Crippen molar-refractivity contribution in [3.8, 4) is 11.8 Å². The van der Waals surface area contributed by atoms with E-state index in [1.165, 1.54) is 25.3 Å². The molecule has 6 heteroatoms. The summed E-state index contributed by atoms with van der Waals surface area (Å²) in [6.07, 6.45) is 1.34. The molecule has 0 aliphatic rings. The summed E-state index contributed by atoms with van der Waals surface area (Å²) in [7, 11) is 1.37. The second-order valence-corrected chi connectivity index (χ2v) is 5.66. The van der Waals surface area contributed by atoms with Crippen molar-refractivity contribution in [3.63, 3.8) is 0 Å². The topological polar surface area (TPSA) is 99.4 Å². The molecule has 0 heterocycles. The van der Waals surface area contributed by atoms with Gasteiger partial charge >= 0.3 is 5.97 Å². The van der Waals surface area contributed by atoms with Gasteiger partial charge in [-0.2, -0.15) is 5.26 Å². The van der Waals surface area contributed by atoms with E-state index in [0.29, 0.717) is 11.3 Å². The number of nitrogens with one attached hydrogen (secondary N) is 1. The predicted octanol–water partition coefficient (Wildman–Crippen LogP) is 3.56. The number of anilines is 1. The largest absolute Gasteiger partial charge is 0.496 e. The van der Waals surface area contributed by atoms with E-state index in [1.807, 2.05) is 38.1 Å². The van der Waals surface area contributed by atoms with Gasteiger partial charge in [0.15, 0.2) is 0 Å². The van der Waals surface area contributed by atoms with Crippen molar-refractivity contribution in [2.45, 2.75) is 13.8 Å². The van der Waals surface area contributed by atoms with Crippen molar-refractivity contribution >= 4 is 23.6 Å². The number of aromatic carboxylic acids is 1. The number of carboxylic acid groups (broad SMARTS) is 1. The van der Waals surface area contributed by atoms with E-state index < -0.39 is 11.9 Å². The van der Waals surface area contributed by atoms with Crippen LogP contribution in [-0.4, -0.2) is 24.1 Å². The van der Waals surface area contributed by atoms with Crippen LogP contribution >= 0.6 is 0 Å². The molecule has 0 bridgehead atoms.